The molecule has 104 valence electrons. The number of hydrogen-bond acceptors (Lipinski definition) is 2. The first-order chi connectivity index (χ1) is 9.38. The van der Waals surface area contributed by atoms with Crippen LogP contribution in [-0.2, 0) is 0 Å². The third kappa shape index (κ3) is 2.94. The van der Waals surface area contributed by atoms with Crippen molar-refractivity contribution >= 4 is 17.4 Å². The molecule has 0 heterocycles. The van der Waals surface area contributed by atoms with Gasteiger partial charge in [-0.25, -0.2) is 0 Å². The SMILES string of the molecule is Cc1cc(C)c(C)c(Oc2ccc(Cl)cc2C(=N)N)c1. The van der Waals surface area contributed by atoms with E-state index in [2.05, 4.69) is 6.07 Å². The predicted octanol–water partition coefficient (Wildman–Crippen LogP) is 4.34. The van der Waals surface area contributed by atoms with Gasteiger partial charge in [-0.2, -0.15) is 0 Å². The van der Waals surface area contributed by atoms with E-state index in [0.29, 0.717) is 16.3 Å². The molecule has 0 unspecified atom stereocenters. The summed E-state index contributed by atoms with van der Waals surface area (Å²) in [7, 11) is 0. The van der Waals surface area contributed by atoms with Crippen LogP contribution >= 0.6 is 11.6 Å². The summed E-state index contributed by atoms with van der Waals surface area (Å²) in [6, 6.07) is 9.17. The maximum absolute atomic E-state index is 7.62. The Hall–Kier alpha value is -2.00. The molecule has 0 bridgehead atoms. The maximum Gasteiger partial charge on any atom is 0.138 e. The van der Waals surface area contributed by atoms with Crippen LogP contribution in [-0.4, -0.2) is 5.84 Å². The summed E-state index contributed by atoms with van der Waals surface area (Å²) in [5.74, 6) is 1.24. The monoisotopic (exact) mass is 288 g/mol. The number of aryl methyl sites for hydroxylation is 2. The van der Waals surface area contributed by atoms with Gasteiger partial charge in [-0.05, 0) is 61.7 Å². The minimum atomic E-state index is -0.0653. The Morgan fingerprint density at radius 3 is 2.45 bits per heavy atom. The van der Waals surface area contributed by atoms with E-state index in [1.165, 1.54) is 5.56 Å². The van der Waals surface area contributed by atoms with Gasteiger partial charge in [-0.1, -0.05) is 17.7 Å². The molecule has 0 fully saturated rings. The first-order valence-corrected chi connectivity index (χ1v) is 6.66. The molecule has 20 heavy (non-hydrogen) atoms. The molecule has 2 rings (SSSR count). The third-order valence-corrected chi connectivity index (χ3v) is 3.45. The molecule has 0 aliphatic heterocycles. The Kier molecular flexibility index (Phi) is 4.00. The lowest BCUT2D eigenvalue weighted by atomic mass is 10.1. The second kappa shape index (κ2) is 5.55. The molecule has 0 spiro atoms. The summed E-state index contributed by atoms with van der Waals surface area (Å²) in [6.07, 6.45) is 0. The molecule has 3 nitrogen and oxygen atoms in total. The molecular formula is C16H17ClN2O. The number of hydrogen-bond donors (Lipinski definition) is 2. The van der Waals surface area contributed by atoms with Crippen molar-refractivity contribution in [3.63, 3.8) is 0 Å². The molecule has 0 saturated heterocycles. The molecule has 2 aromatic carbocycles. The van der Waals surface area contributed by atoms with Crippen molar-refractivity contribution in [1.82, 2.24) is 0 Å². The fourth-order valence-electron chi connectivity index (χ4n) is 2.03. The molecular weight excluding hydrogens is 272 g/mol. The molecule has 2 aromatic rings. The van der Waals surface area contributed by atoms with Crippen LogP contribution < -0.4 is 10.5 Å². The Morgan fingerprint density at radius 2 is 1.80 bits per heavy atom. The van der Waals surface area contributed by atoms with Gasteiger partial charge in [0.25, 0.3) is 0 Å². The first kappa shape index (κ1) is 14.4. The summed E-state index contributed by atoms with van der Waals surface area (Å²) < 4.78 is 5.94. The van der Waals surface area contributed by atoms with Crippen molar-refractivity contribution in [2.24, 2.45) is 5.73 Å². The fourth-order valence-corrected chi connectivity index (χ4v) is 2.20. The van der Waals surface area contributed by atoms with Crippen molar-refractivity contribution in [3.05, 3.63) is 57.6 Å². The number of nitrogens with two attached hydrogens (primary N) is 1. The molecule has 3 N–H and O–H groups in total. The molecule has 0 aromatic heterocycles. The lowest BCUT2D eigenvalue weighted by Crippen LogP contribution is -2.12. The van der Waals surface area contributed by atoms with Gasteiger partial charge in [-0.3, -0.25) is 5.41 Å². The largest absolute Gasteiger partial charge is 0.456 e. The smallest absolute Gasteiger partial charge is 0.138 e. The second-order valence-electron chi connectivity index (χ2n) is 4.86. The van der Waals surface area contributed by atoms with Crippen molar-refractivity contribution < 1.29 is 4.74 Å². The Balaban J connectivity index is 2.48. The van der Waals surface area contributed by atoms with Crippen LogP contribution in [0.2, 0.25) is 5.02 Å². The number of benzene rings is 2. The number of halogens is 1. The quantitative estimate of drug-likeness (QED) is 0.652. The minimum absolute atomic E-state index is 0.0653. The highest BCUT2D eigenvalue weighted by molar-refractivity contribution is 6.31. The highest BCUT2D eigenvalue weighted by Gasteiger charge is 2.11. The van der Waals surface area contributed by atoms with Gasteiger partial charge in [0.1, 0.15) is 17.3 Å². The van der Waals surface area contributed by atoms with E-state index >= 15 is 0 Å². The van der Waals surface area contributed by atoms with Crippen LogP contribution in [0.3, 0.4) is 0 Å². The maximum atomic E-state index is 7.62. The lowest BCUT2D eigenvalue weighted by molar-refractivity contribution is 0.477. The van der Waals surface area contributed by atoms with Crippen LogP contribution in [0.25, 0.3) is 0 Å². The van der Waals surface area contributed by atoms with Crippen LogP contribution in [0, 0.1) is 26.2 Å². The van der Waals surface area contributed by atoms with E-state index < -0.39 is 0 Å². The number of ether oxygens (including phenoxy) is 1. The van der Waals surface area contributed by atoms with Gasteiger partial charge in [0.2, 0.25) is 0 Å². The normalized spacial score (nSPS) is 10.4. The number of amidine groups is 1. The second-order valence-corrected chi connectivity index (χ2v) is 5.30. The highest BCUT2D eigenvalue weighted by Crippen LogP contribution is 2.31. The Labute approximate surface area is 123 Å². The third-order valence-electron chi connectivity index (χ3n) is 3.22. The molecule has 4 heteroatoms. The topological polar surface area (TPSA) is 59.1 Å². The number of nitrogen functional groups attached to an aromatic ring is 1. The van der Waals surface area contributed by atoms with Crippen LogP contribution in [0.15, 0.2) is 30.3 Å². The van der Waals surface area contributed by atoms with Gasteiger partial charge in [0.05, 0.1) is 5.56 Å². The zero-order chi connectivity index (χ0) is 14.9. The molecule has 0 aliphatic rings. The summed E-state index contributed by atoms with van der Waals surface area (Å²) >= 11 is 5.94. The van der Waals surface area contributed by atoms with E-state index in [0.717, 1.165) is 16.9 Å². The van der Waals surface area contributed by atoms with Gasteiger partial charge in [0.15, 0.2) is 0 Å². The molecule has 0 atom stereocenters. The molecule has 0 amide bonds. The van der Waals surface area contributed by atoms with E-state index in [4.69, 9.17) is 27.5 Å². The van der Waals surface area contributed by atoms with Gasteiger partial charge >= 0.3 is 0 Å². The zero-order valence-electron chi connectivity index (χ0n) is 11.8. The average molecular weight is 289 g/mol. The van der Waals surface area contributed by atoms with Crippen molar-refractivity contribution in [2.45, 2.75) is 20.8 Å². The lowest BCUT2D eigenvalue weighted by Gasteiger charge is -2.14. The predicted molar refractivity (Wildman–Crippen MR) is 83.2 cm³/mol. The van der Waals surface area contributed by atoms with E-state index in [-0.39, 0.29) is 5.84 Å². The Morgan fingerprint density at radius 1 is 1.10 bits per heavy atom. The van der Waals surface area contributed by atoms with E-state index in [9.17, 15) is 0 Å². The van der Waals surface area contributed by atoms with E-state index in [1.807, 2.05) is 26.8 Å². The Bertz CT molecular complexity index is 680. The summed E-state index contributed by atoms with van der Waals surface area (Å²) in [4.78, 5) is 0. The van der Waals surface area contributed by atoms with Crippen LogP contribution in [0.1, 0.15) is 22.3 Å². The average Bonchev–Trinajstić information content (AvgIpc) is 2.37. The van der Waals surface area contributed by atoms with Gasteiger partial charge in [0, 0.05) is 5.02 Å². The fraction of sp³-hybridized carbons (Fsp3) is 0.188. The number of rotatable bonds is 3. The van der Waals surface area contributed by atoms with Gasteiger partial charge in [-0.15, -0.1) is 0 Å². The van der Waals surface area contributed by atoms with Gasteiger partial charge < -0.3 is 10.5 Å². The highest BCUT2D eigenvalue weighted by atomic mass is 35.5. The van der Waals surface area contributed by atoms with Crippen molar-refractivity contribution in [2.75, 3.05) is 0 Å². The van der Waals surface area contributed by atoms with Crippen LogP contribution in [0.5, 0.6) is 11.5 Å². The summed E-state index contributed by atoms with van der Waals surface area (Å²) in [6.45, 7) is 6.07. The minimum Gasteiger partial charge on any atom is -0.456 e. The first-order valence-electron chi connectivity index (χ1n) is 6.28. The van der Waals surface area contributed by atoms with Crippen molar-refractivity contribution in [1.29, 1.82) is 5.41 Å². The van der Waals surface area contributed by atoms with E-state index in [1.54, 1.807) is 18.2 Å². The van der Waals surface area contributed by atoms with Crippen LogP contribution in [0.4, 0.5) is 0 Å². The molecule has 0 saturated carbocycles. The zero-order valence-corrected chi connectivity index (χ0v) is 12.5. The van der Waals surface area contributed by atoms with Crippen molar-refractivity contribution in [3.8, 4) is 11.5 Å². The number of nitrogens with one attached hydrogen (secondary N) is 1. The molecule has 0 radical (unpaired) electrons. The standard InChI is InChI=1S/C16H17ClN2O/c1-9-6-10(2)11(3)15(7-9)20-14-5-4-12(17)8-13(14)16(18)19/h4-8H,1-3H3,(H3,18,19). The molecule has 0 aliphatic carbocycles. The summed E-state index contributed by atoms with van der Waals surface area (Å²) in [5.41, 5.74) is 9.44. The summed E-state index contributed by atoms with van der Waals surface area (Å²) in [5, 5.41) is 8.14.